The fourth-order valence-electron chi connectivity index (χ4n) is 3.42. The molecule has 1 saturated heterocycles. The Morgan fingerprint density at radius 3 is 2.00 bits per heavy atom. The van der Waals surface area contributed by atoms with Gasteiger partial charge in [-0.25, -0.2) is 0 Å². The lowest BCUT2D eigenvalue weighted by Crippen LogP contribution is -2.48. The quantitative estimate of drug-likeness (QED) is 0.767. The van der Waals surface area contributed by atoms with Gasteiger partial charge in [0, 0.05) is 32.7 Å². The Hall–Kier alpha value is -0.0800. The van der Waals surface area contributed by atoms with E-state index in [-0.39, 0.29) is 0 Å². The molecule has 19 heavy (non-hydrogen) atoms. The van der Waals surface area contributed by atoms with Gasteiger partial charge in [-0.15, -0.1) is 0 Å². The van der Waals surface area contributed by atoms with E-state index in [2.05, 4.69) is 30.6 Å². The molecule has 0 aromatic heterocycles. The number of piperazine rings is 1. The average Bonchev–Trinajstić information content (AvgIpc) is 2.38. The molecule has 0 aromatic rings. The van der Waals surface area contributed by atoms with Gasteiger partial charge >= 0.3 is 0 Å². The first-order valence-electron chi connectivity index (χ1n) is 8.48. The summed E-state index contributed by atoms with van der Waals surface area (Å²) in [6.45, 7) is 14.9. The summed E-state index contributed by atoms with van der Waals surface area (Å²) >= 11 is 0. The normalized spacial score (nSPS) is 24.8. The lowest BCUT2D eigenvalue weighted by molar-refractivity contribution is 0.102. The van der Waals surface area contributed by atoms with Crippen LogP contribution in [0.1, 0.15) is 59.3 Å². The zero-order valence-corrected chi connectivity index (χ0v) is 13.5. The Kier molecular flexibility index (Phi) is 5.70. The van der Waals surface area contributed by atoms with Gasteiger partial charge in [-0.3, -0.25) is 0 Å². The standard InChI is InChI=1S/C17H34N2/c1-17(2,3)9-10-18-11-13-19(14-12-18)15-16-7-5-4-6-8-16/h16H,4-15H2,1-3H3. The van der Waals surface area contributed by atoms with Gasteiger partial charge in [0.15, 0.2) is 0 Å². The molecule has 1 heterocycles. The van der Waals surface area contributed by atoms with E-state index in [1.807, 2.05) is 0 Å². The number of rotatable bonds is 4. The van der Waals surface area contributed by atoms with Crippen LogP contribution in [0.2, 0.25) is 0 Å². The maximum atomic E-state index is 2.73. The monoisotopic (exact) mass is 266 g/mol. The highest BCUT2D eigenvalue weighted by Gasteiger charge is 2.22. The van der Waals surface area contributed by atoms with Crippen molar-refractivity contribution in [3.63, 3.8) is 0 Å². The smallest absolute Gasteiger partial charge is 0.0110 e. The largest absolute Gasteiger partial charge is 0.301 e. The van der Waals surface area contributed by atoms with E-state index in [1.165, 1.54) is 77.8 Å². The topological polar surface area (TPSA) is 6.48 Å². The van der Waals surface area contributed by atoms with E-state index in [0.29, 0.717) is 5.41 Å². The fraction of sp³-hybridized carbons (Fsp3) is 1.00. The van der Waals surface area contributed by atoms with Crippen molar-refractivity contribution in [2.75, 3.05) is 39.3 Å². The van der Waals surface area contributed by atoms with Crippen LogP contribution < -0.4 is 0 Å². The summed E-state index contributed by atoms with van der Waals surface area (Å²) in [5, 5.41) is 0. The minimum Gasteiger partial charge on any atom is -0.301 e. The minimum atomic E-state index is 0.485. The summed E-state index contributed by atoms with van der Waals surface area (Å²) in [4.78, 5) is 5.40. The van der Waals surface area contributed by atoms with Crippen molar-refractivity contribution in [2.24, 2.45) is 11.3 Å². The number of hydrogen-bond acceptors (Lipinski definition) is 2. The van der Waals surface area contributed by atoms with E-state index in [4.69, 9.17) is 0 Å². The van der Waals surface area contributed by atoms with Gasteiger partial charge < -0.3 is 9.80 Å². The van der Waals surface area contributed by atoms with Crippen LogP contribution in [0.4, 0.5) is 0 Å². The SMILES string of the molecule is CC(C)(C)CCN1CCN(CC2CCCCC2)CC1. The average molecular weight is 266 g/mol. The molecule has 0 unspecified atom stereocenters. The molecule has 2 heteroatoms. The molecular formula is C17H34N2. The van der Waals surface area contributed by atoms with Crippen molar-refractivity contribution >= 4 is 0 Å². The Labute approximate surface area is 120 Å². The molecular weight excluding hydrogens is 232 g/mol. The van der Waals surface area contributed by atoms with E-state index in [0.717, 1.165) is 5.92 Å². The molecule has 0 spiro atoms. The summed E-state index contributed by atoms with van der Waals surface area (Å²) in [6, 6.07) is 0. The molecule has 0 amide bonds. The van der Waals surface area contributed by atoms with Gasteiger partial charge in [-0.05, 0) is 37.1 Å². The molecule has 0 atom stereocenters. The third kappa shape index (κ3) is 5.83. The molecule has 2 nitrogen and oxygen atoms in total. The Balaban J connectivity index is 1.62. The second-order valence-corrected chi connectivity index (χ2v) is 7.96. The summed E-state index contributed by atoms with van der Waals surface area (Å²) in [6.07, 6.45) is 8.76. The molecule has 112 valence electrons. The zero-order chi connectivity index (χ0) is 13.7. The van der Waals surface area contributed by atoms with Crippen molar-refractivity contribution < 1.29 is 0 Å². The third-order valence-electron chi connectivity index (χ3n) is 4.88. The molecule has 0 bridgehead atoms. The van der Waals surface area contributed by atoms with Crippen LogP contribution in [0.3, 0.4) is 0 Å². The van der Waals surface area contributed by atoms with Gasteiger partial charge in [0.25, 0.3) is 0 Å². The Morgan fingerprint density at radius 2 is 1.42 bits per heavy atom. The molecule has 0 N–H and O–H groups in total. The van der Waals surface area contributed by atoms with Gasteiger partial charge in [0.1, 0.15) is 0 Å². The van der Waals surface area contributed by atoms with E-state index < -0.39 is 0 Å². The fourth-order valence-corrected chi connectivity index (χ4v) is 3.42. The van der Waals surface area contributed by atoms with Crippen LogP contribution in [0.15, 0.2) is 0 Å². The molecule has 2 fully saturated rings. The lowest BCUT2D eigenvalue weighted by atomic mass is 9.89. The van der Waals surface area contributed by atoms with Crippen LogP contribution in [0, 0.1) is 11.3 Å². The van der Waals surface area contributed by atoms with Crippen molar-refractivity contribution in [1.82, 2.24) is 9.80 Å². The van der Waals surface area contributed by atoms with Gasteiger partial charge in [0.2, 0.25) is 0 Å². The first-order valence-corrected chi connectivity index (χ1v) is 8.48. The van der Waals surface area contributed by atoms with Crippen LogP contribution in [-0.4, -0.2) is 49.1 Å². The highest BCUT2D eigenvalue weighted by Crippen LogP contribution is 2.25. The third-order valence-corrected chi connectivity index (χ3v) is 4.88. The van der Waals surface area contributed by atoms with E-state index >= 15 is 0 Å². The van der Waals surface area contributed by atoms with Crippen LogP contribution >= 0.6 is 0 Å². The predicted octanol–water partition coefficient (Wildman–Crippen LogP) is 3.62. The maximum absolute atomic E-state index is 2.73. The number of nitrogens with zero attached hydrogens (tertiary/aromatic N) is 2. The van der Waals surface area contributed by atoms with Gasteiger partial charge in [0.05, 0.1) is 0 Å². The van der Waals surface area contributed by atoms with Gasteiger partial charge in [-0.1, -0.05) is 40.0 Å². The zero-order valence-electron chi connectivity index (χ0n) is 13.5. The molecule has 2 rings (SSSR count). The van der Waals surface area contributed by atoms with Crippen molar-refractivity contribution in [3.8, 4) is 0 Å². The van der Waals surface area contributed by atoms with E-state index in [1.54, 1.807) is 0 Å². The molecule has 1 aliphatic heterocycles. The molecule has 2 aliphatic rings. The number of hydrogen-bond donors (Lipinski definition) is 0. The van der Waals surface area contributed by atoms with E-state index in [9.17, 15) is 0 Å². The second kappa shape index (κ2) is 7.08. The van der Waals surface area contributed by atoms with Crippen molar-refractivity contribution in [2.45, 2.75) is 59.3 Å². The summed E-state index contributed by atoms with van der Waals surface area (Å²) in [7, 11) is 0. The van der Waals surface area contributed by atoms with Crippen molar-refractivity contribution in [3.05, 3.63) is 0 Å². The van der Waals surface area contributed by atoms with Crippen LogP contribution in [-0.2, 0) is 0 Å². The molecule has 0 radical (unpaired) electrons. The van der Waals surface area contributed by atoms with Crippen LogP contribution in [0.5, 0.6) is 0 Å². The Morgan fingerprint density at radius 1 is 0.842 bits per heavy atom. The Bertz CT molecular complexity index is 242. The molecule has 1 aliphatic carbocycles. The van der Waals surface area contributed by atoms with Gasteiger partial charge in [-0.2, -0.15) is 0 Å². The highest BCUT2D eigenvalue weighted by atomic mass is 15.3. The minimum absolute atomic E-state index is 0.485. The van der Waals surface area contributed by atoms with Crippen LogP contribution in [0.25, 0.3) is 0 Å². The maximum Gasteiger partial charge on any atom is 0.0110 e. The van der Waals surface area contributed by atoms with Crippen molar-refractivity contribution in [1.29, 1.82) is 0 Å². The first-order chi connectivity index (χ1) is 9.03. The summed E-state index contributed by atoms with van der Waals surface area (Å²) < 4.78 is 0. The predicted molar refractivity (Wildman–Crippen MR) is 83.5 cm³/mol. The summed E-state index contributed by atoms with van der Waals surface area (Å²) in [5.41, 5.74) is 0.485. The highest BCUT2D eigenvalue weighted by molar-refractivity contribution is 4.77. The second-order valence-electron chi connectivity index (χ2n) is 7.96. The molecule has 1 saturated carbocycles. The summed E-state index contributed by atoms with van der Waals surface area (Å²) in [5.74, 6) is 1.01. The first kappa shape index (κ1) is 15.3. The lowest BCUT2D eigenvalue weighted by Gasteiger charge is -2.38. The molecule has 0 aromatic carbocycles.